The van der Waals surface area contributed by atoms with E-state index in [1.165, 1.54) is 6.07 Å². The van der Waals surface area contributed by atoms with E-state index in [0.29, 0.717) is 18.4 Å². The van der Waals surface area contributed by atoms with Crippen molar-refractivity contribution in [3.8, 4) is 11.5 Å². The van der Waals surface area contributed by atoms with Gasteiger partial charge in [-0.2, -0.15) is 17.6 Å². The minimum atomic E-state index is -3.15. The third kappa shape index (κ3) is 4.31. The van der Waals surface area contributed by atoms with Gasteiger partial charge in [0.2, 0.25) is 0 Å². The molecule has 0 aliphatic heterocycles. The van der Waals surface area contributed by atoms with E-state index in [1.807, 2.05) is 6.92 Å². The van der Waals surface area contributed by atoms with Crippen LogP contribution in [0, 0.1) is 0 Å². The van der Waals surface area contributed by atoms with E-state index in [-0.39, 0.29) is 22.2 Å². The standard InChI is InChI=1S/C12H12Cl2F4O2/c1-2-3-6-4-8(14)10(20-12(17)18)7(5-13)9(6)19-11(15)16/h4,11-12H,2-3,5H2,1H3. The molecule has 0 saturated heterocycles. The van der Waals surface area contributed by atoms with Crippen LogP contribution in [0.25, 0.3) is 0 Å². The fourth-order valence-corrected chi connectivity index (χ4v) is 2.29. The van der Waals surface area contributed by atoms with E-state index in [2.05, 4.69) is 9.47 Å². The Morgan fingerprint density at radius 2 is 1.65 bits per heavy atom. The van der Waals surface area contributed by atoms with Crippen LogP contribution in [0.5, 0.6) is 11.5 Å². The second-order valence-corrected chi connectivity index (χ2v) is 4.47. The van der Waals surface area contributed by atoms with E-state index in [0.717, 1.165) is 0 Å². The molecule has 0 aromatic heterocycles. The fraction of sp³-hybridized carbons (Fsp3) is 0.500. The van der Waals surface area contributed by atoms with Gasteiger partial charge >= 0.3 is 13.2 Å². The molecule has 114 valence electrons. The fourth-order valence-electron chi connectivity index (χ4n) is 1.75. The van der Waals surface area contributed by atoms with Crippen LogP contribution in [0.1, 0.15) is 24.5 Å². The topological polar surface area (TPSA) is 18.5 Å². The third-order valence-corrected chi connectivity index (χ3v) is 2.97. The van der Waals surface area contributed by atoms with Crippen LogP contribution in [-0.2, 0) is 12.3 Å². The quantitative estimate of drug-likeness (QED) is 0.501. The molecule has 0 bridgehead atoms. The largest absolute Gasteiger partial charge is 0.434 e. The Bertz CT molecular complexity index is 456. The van der Waals surface area contributed by atoms with Gasteiger partial charge in [-0.15, -0.1) is 11.6 Å². The average molecular weight is 335 g/mol. The molecule has 0 fully saturated rings. The van der Waals surface area contributed by atoms with Crippen LogP contribution in [0.2, 0.25) is 5.02 Å². The van der Waals surface area contributed by atoms with Crippen molar-refractivity contribution in [2.24, 2.45) is 0 Å². The SMILES string of the molecule is CCCc1cc(Cl)c(OC(F)F)c(CCl)c1OC(F)F. The zero-order chi connectivity index (χ0) is 15.3. The maximum absolute atomic E-state index is 12.5. The van der Waals surface area contributed by atoms with Crippen molar-refractivity contribution < 1.29 is 27.0 Å². The van der Waals surface area contributed by atoms with Gasteiger partial charge in [0, 0.05) is 0 Å². The Morgan fingerprint density at radius 3 is 2.10 bits per heavy atom. The Labute approximate surface area is 123 Å². The average Bonchev–Trinajstić information content (AvgIpc) is 2.34. The van der Waals surface area contributed by atoms with E-state index in [4.69, 9.17) is 23.2 Å². The molecule has 0 N–H and O–H groups in total. The predicted octanol–water partition coefficient (Wildman–Crippen LogP) is 5.23. The number of benzene rings is 1. The van der Waals surface area contributed by atoms with Gasteiger partial charge in [0.1, 0.15) is 5.75 Å². The maximum Gasteiger partial charge on any atom is 0.387 e. The molecule has 0 heterocycles. The first-order chi connectivity index (χ1) is 9.40. The van der Waals surface area contributed by atoms with Crippen molar-refractivity contribution >= 4 is 23.2 Å². The molecule has 0 spiro atoms. The summed E-state index contributed by atoms with van der Waals surface area (Å²) in [4.78, 5) is 0. The molecule has 1 aromatic carbocycles. The summed E-state index contributed by atoms with van der Waals surface area (Å²) in [6.45, 7) is -4.43. The molecule has 0 aliphatic rings. The number of rotatable bonds is 7. The summed E-state index contributed by atoms with van der Waals surface area (Å²) in [5, 5.41) is -0.119. The number of alkyl halides is 5. The predicted molar refractivity (Wildman–Crippen MR) is 68.3 cm³/mol. The third-order valence-electron chi connectivity index (χ3n) is 2.42. The lowest BCUT2D eigenvalue weighted by atomic mass is 10.0. The Hall–Kier alpha value is -0.880. The smallest absolute Gasteiger partial charge is 0.387 e. The van der Waals surface area contributed by atoms with Gasteiger partial charge in [0.15, 0.2) is 5.75 Å². The molecule has 1 aromatic rings. The first-order valence-electron chi connectivity index (χ1n) is 5.70. The molecule has 2 nitrogen and oxygen atoms in total. The normalized spacial score (nSPS) is 11.2. The van der Waals surface area contributed by atoms with Crippen molar-refractivity contribution in [3.05, 3.63) is 22.2 Å². The highest BCUT2D eigenvalue weighted by Gasteiger charge is 2.23. The van der Waals surface area contributed by atoms with Crippen LogP contribution in [0.4, 0.5) is 17.6 Å². The summed E-state index contributed by atoms with van der Waals surface area (Å²) in [5.41, 5.74) is 0.262. The highest BCUT2D eigenvalue weighted by molar-refractivity contribution is 6.32. The molecule has 0 atom stereocenters. The number of hydrogen-bond acceptors (Lipinski definition) is 2. The first-order valence-corrected chi connectivity index (χ1v) is 6.61. The lowest BCUT2D eigenvalue weighted by molar-refractivity contribution is -0.0556. The molecule has 0 unspecified atom stereocenters. The van der Waals surface area contributed by atoms with Crippen LogP contribution >= 0.6 is 23.2 Å². The molecular formula is C12H12Cl2F4O2. The van der Waals surface area contributed by atoms with Crippen molar-refractivity contribution in [2.75, 3.05) is 0 Å². The number of hydrogen-bond donors (Lipinski definition) is 0. The minimum absolute atomic E-state index is 0.108. The summed E-state index contributed by atoms with van der Waals surface area (Å²) in [6, 6.07) is 1.27. The molecule has 20 heavy (non-hydrogen) atoms. The summed E-state index contributed by atoms with van der Waals surface area (Å²) >= 11 is 11.5. The second-order valence-electron chi connectivity index (χ2n) is 3.79. The second kappa shape index (κ2) is 7.78. The van der Waals surface area contributed by atoms with Crippen molar-refractivity contribution in [3.63, 3.8) is 0 Å². The molecule has 8 heteroatoms. The summed E-state index contributed by atoms with van der Waals surface area (Å²) in [5.74, 6) is -1.04. The minimum Gasteiger partial charge on any atom is -0.434 e. The molecule has 0 saturated carbocycles. The van der Waals surface area contributed by atoms with E-state index >= 15 is 0 Å². The molecular weight excluding hydrogens is 323 g/mol. The lowest BCUT2D eigenvalue weighted by Crippen LogP contribution is -2.11. The molecule has 1 rings (SSSR count). The van der Waals surface area contributed by atoms with E-state index in [1.54, 1.807) is 0 Å². The number of aryl methyl sites for hydroxylation is 1. The highest BCUT2D eigenvalue weighted by Crippen LogP contribution is 2.41. The molecule has 0 amide bonds. The molecule has 0 aliphatic carbocycles. The van der Waals surface area contributed by atoms with Crippen LogP contribution in [0.3, 0.4) is 0 Å². The monoisotopic (exact) mass is 334 g/mol. The summed E-state index contributed by atoms with van der Waals surface area (Å²) in [7, 11) is 0. The van der Waals surface area contributed by atoms with Crippen molar-refractivity contribution in [1.82, 2.24) is 0 Å². The van der Waals surface area contributed by atoms with Crippen LogP contribution in [0.15, 0.2) is 6.07 Å². The van der Waals surface area contributed by atoms with Gasteiger partial charge in [-0.3, -0.25) is 0 Å². The number of ether oxygens (including phenoxy) is 2. The van der Waals surface area contributed by atoms with E-state index < -0.39 is 19.0 Å². The summed E-state index contributed by atoms with van der Waals surface area (Å²) < 4.78 is 58.3. The lowest BCUT2D eigenvalue weighted by Gasteiger charge is -2.19. The summed E-state index contributed by atoms with van der Waals surface area (Å²) in [6.07, 6.45) is 1.02. The van der Waals surface area contributed by atoms with Gasteiger partial charge < -0.3 is 9.47 Å². The van der Waals surface area contributed by atoms with Crippen molar-refractivity contribution in [1.29, 1.82) is 0 Å². The first kappa shape index (κ1) is 17.2. The number of halogens is 6. The highest BCUT2D eigenvalue weighted by atomic mass is 35.5. The Kier molecular flexibility index (Phi) is 6.68. The Balaban J connectivity index is 3.39. The zero-order valence-electron chi connectivity index (χ0n) is 10.4. The molecule has 0 radical (unpaired) electrons. The van der Waals surface area contributed by atoms with Gasteiger partial charge in [-0.1, -0.05) is 24.9 Å². The maximum atomic E-state index is 12.5. The van der Waals surface area contributed by atoms with Crippen LogP contribution < -0.4 is 9.47 Å². The van der Waals surface area contributed by atoms with Gasteiger partial charge in [0.05, 0.1) is 16.5 Å². The Morgan fingerprint density at radius 1 is 1.10 bits per heavy atom. The zero-order valence-corrected chi connectivity index (χ0v) is 11.9. The van der Waals surface area contributed by atoms with E-state index in [9.17, 15) is 17.6 Å². The van der Waals surface area contributed by atoms with Crippen molar-refractivity contribution in [2.45, 2.75) is 38.9 Å². The van der Waals surface area contributed by atoms with Crippen LogP contribution in [-0.4, -0.2) is 13.2 Å². The van der Waals surface area contributed by atoms with Gasteiger partial charge in [-0.25, -0.2) is 0 Å². The van der Waals surface area contributed by atoms with Gasteiger partial charge in [-0.05, 0) is 18.1 Å². The van der Waals surface area contributed by atoms with Gasteiger partial charge in [0.25, 0.3) is 0 Å².